The maximum absolute atomic E-state index is 8.22. The number of rotatable bonds is 5. The van der Waals surface area contributed by atoms with Gasteiger partial charge in [0.2, 0.25) is 0 Å². The van der Waals surface area contributed by atoms with Crippen molar-refractivity contribution in [3.63, 3.8) is 0 Å². The van der Waals surface area contributed by atoms with Crippen molar-refractivity contribution in [3.05, 3.63) is 47.6 Å². The lowest BCUT2D eigenvalue weighted by Gasteiger charge is -2.18. The summed E-state index contributed by atoms with van der Waals surface area (Å²) in [5, 5.41) is 8.22. The maximum Gasteiger partial charge on any atom is 0.0574 e. The fraction of sp³-hybridized carbons (Fsp3) is 0.471. The molecule has 18 heavy (non-hydrogen) atoms. The van der Waals surface area contributed by atoms with Crippen molar-refractivity contribution in [1.29, 1.82) is 5.41 Å². The van der Waals surface area contributed by atoms with Crippen LogP contribution in [0.4, 0.5) is 0 Å². The van der Waals surface area contributed by atoms with Gasteiger partial charge < -0.3 is 5.41 Å². The molecular weight excluding hydrogens is 218 g/mol. The van der Waals surface area contributed by atoms with E-state index in [1.807, 2.05) is 12.2 Å². The molecule has 0 spiro atoms. The first-order valence-corrected chi connectivity index (χ1v) is 6.78. The first-order chi connectivity index (χ1) is 8.43. The predicted octanol–water partition coefficient (Wildman–Crippen LogP) is 5.08. The van der Waals surface area contributed by atoms with Crippen molar-refractivity contribution < 1.29 is 0 Å². The van der Waals surface area contributed by atoms with E-state index in [-0.39, 0.29) is 0 Å². The Morgan fingerprint density at radius 2 is 1.94 bits per heavy atom. The Morgan fingerprint density at radius 1 is 1.28 bits per heavy atom. The van der Waals surface area contributed by atoms with E-state index >= 15 is 0 Å². The van der Waals surface area contributed by atoms with E-state index < -0.39 is 0 Å². The zero-order valence-corrected chi connectivity index (χ0v) is 12.1. The van der Waals surface area contributed by atoms with Gasteiger partial charge in [-0.3, -0.25) is 0 Å². The Hall–Kier alpha value is -1.37. The minimum atomic E-state index is 0.417. The van der Waals surface area contributed by atoms with Crippen LogP contribution in [0.2, 0.25) is 0 Å². The lowest BCUT2D eigenvalue weighted by Crippen LogP contribution is -2.08. The first kappa shape index (κ1) is 14.7. The fourth-order valence-corrected chi connectivity index (χ4v) is 2.04. The molecule has 0 bridgehead atoms. The summed E-state index contributed by atoms with van der Waals surface area (Å²) in [5.74, 6) is 0.853. The zero-order chi connectivity index (χ0) is 13.7. The van der Waals surface area contributed by atoms with E-state index in [1.54, 1.807) is 0 Å². The van der Waals surface area contributed by atoms with Gasteiger partial charge in [-0.05, 0) is 47.5 Å². The summed E-state index contributed by atoms with van der Waals surface area (Å²) in [7, 11) is 0. The maximum atomic E-state index is 8.22. The summed E-state index contributed by atoms with van der Waals surface area (Å²) < 4.78 is 0. The van der Waals surface area contributed by atoms with E-state index in [2.05, 4.69) is 46.4 Å². The van der Waals surface area contributed by atoms with Crippen LogP contribution < -0.4 is 0 Å². The van der Waals surface area contributed by atoms with Crippen LogP contribution in [0.25, 0.3) is 0 Å². The van der Waals surface area contributed by atoms with Gasteiger partial charge in [-0.2, -0.15) is 0 Å². The standard InChI is InChI=1S/C17H25N/c1-12(2)14(5)16(13(3)4)11-17(18)15-9-7-6-8-10-15/h6-7,9,11-13,18H,5,8,10H2,1-4H3/b16-11-,18-17?. The van der Waals surface area contributed by atoms with Crippen molar-refractivity contribution in [2.45, 2.75) is 40.5 Å². The summed E-state index contributed by atoms with van der Waals surface area (Å²) >= 11 is 0. The first-order valence-electron chi connectivity index (χ1n) is 6.78. The van der Waals surface area contributed by atoms with Gasteiger partial charge in [-0.1, -0.05) is 52.5 Å². The van der Waals surface area contributed by atoms with E-state index in [1.165, 1.54) is 5.57 Å². The molecule has 0 aromatic rings. The van der Waals surface area contributed by atoms with Crippen molar-refractivity contribution in [2.75, 3.05) is 0 Å². The molecule has 0 aliphatic heterocycles. The van der Waals surface area contributed by atoms with Gasteiger partial charge in [0.1, 0.15) is 0 Å². The van der Waals surface area contributed by atoms with Crippen LogP contribution in [0.15, 0.2) is 47.6 Å². The molecule has 1 nitrogen and oxygen atoms in total. The second kappa shape index (κ2) is 6.53. The van der Waals surface area contributed by atoms with E-state index in [0.29, 0.717) is 17.5 Å². The van der Waals surface area contributed by atoms with Crippen LogP contribution in [0.5, 0.6) is 0 Å². The molecule has 0 heterocycles. The molecule has 98 valence electrons. The SMILES string of the molecule is C=C(/C(=C\C(=N)C1=CC=CCC1)C(C)C)C(C)C. The van der Waals surface area contributed by atoms with E-state index in [0.717, 1.165) is 24.0 Å². The summed E-state index contributed by atoms with van der Waals surface area (Å²) in [4.78, 5) is 0. The van der Waals surface area contributed by atoms with Gasteiger partial charge in [0.25, 0.3) is 0 Å². The van der Waals surface area contributed by atoms with Crippen LogP contribution in [-0.2, 0) is 0 Å². The highest BCUT2D eigenvalue weighted by molar-refractivity contribution is 6.07. The number of nitrogens with one attached hydrogen (secondary N) is 1. The van der Waals surface area contributed by atoms with E-state index in [9.17, 15) is 0 Å². The molecule has 0 aromatic heterocycles. The quantitative estimate of drug-likeness (QED) is 0.514. The minimum absolute atomic E-state index is 0.417. The molecule has 0 saturated heterocycles. The van der Waals surface area contributed by atoms with Crippen molar-refractivity contribution in [3.8, 4) is 0 Å². The van der Waals surface area contributed by atoms with Crippen LogP contribution in [0.1, 0.15) is 40.5 Å². The highest BCUT2D eigenvalue weighted by Crippen LogP contribution is 2.25. The Kier molecular flexibility index (Phi) is 5.33. The third-order valence-electron chi connectivity index (χ3n) is 3.35. The van der Waals surface area contributed by atoms with Crippen molar-refractivity contribution >= 4 is 5.71 Å². The predicted molar refractivity (Wildman–Crippen MR) is 81.1 cm³/mol. The Balaban J connectivity index is 2.95. The highest BCUT2D eigenvalue weighted by Gasteiger charge is 2.13. The van der Waals surface area contributed by atoms with Crippen LogP contribution in [0.3, 0.4) is 0 Å². The van der Waals surface area contributed by atoms with Gasteiger partial charge in [-0.15, -0.1) is 0 Å². The molecule has 0 fully saturated rings. The number of hydrogen-bond donors (Lipinski definition) is 1. The fourth-order valence-electron chi connectivity index (χ4n) is 2.04. The van der Waals surface area contributed by atoms with Gasteiger partial charge in [0, 0.05) is 0 Å². The third kappa shape index (κ3) is 3.83. The summed E-state index contributed by atoms with van der Waals surface area (Å²) in [6.45, 7) is 12.8. The van der Waals surface area contributed by atoms with Gasteiger partial charge in [-0.25, -0.2) is 0 Å². The number of allylic oxidation sites excluding steroid dienone is 7. The lowest BCUT2D eigenvalue weighted by molar-refractivity contribution is 0.705. The van der Waals surface area contributed by atoms with Crippen molar-refractivity contribution in [2.24, 2.45) is 11.8 Å². The average molecular weight is 243 g/mol. The topological polar surface area (TPSA) is 23.9 Å². The van der Waals surface area contributed by atoms with Gasteiger partial charge in [0.15, 0.2) is 0 Å². The molecule has 0 atom stereocenters. The van der Waals surface area contributed by atoms with Crippen LogP contribution in [0, 0.1) is 17.2 Å². The molecule has 0 amide bonds. The van der Waals surface area contributed by atoms with Gasteiger partial charge in [0.05, 0.1) is 5.71 Å². The van der Waals surface area contributed by atoms with Crippen LogP contribution in [-0.4, -0.2) is 5.71 Å². The molecule has 0 aromatic carbocycles. The summed E-state index contributed by atoms with van der Waals surface area (Å²) in [6.07, 6.45) is 10.3. The molecule has 0 radical (unpaired) electrons. The average Bonchev–Trinajstić information content (AvgIpc) is 2.35. The highest BCUT2D eigenvalue weighted by atomic mass is 14.4. The van der Waals surface area contributed by atoms with E-state index in [4.69, 9.17) is 5.41 Å². The minimum Gasteiger partial charge on any atom is -0.301 e. The summed E-state index contributed by atoms with van der Waals surface area (Å²) in [6, 6.07) is 0. The largest absolute Gasteiger partial charge is 0.301 e. The Bertz CT molecular complexity index is 417. The second-order valence-electron chi connectivity index (χ2n) is 5.51. The normalized spacial score (nSPS) is 16.1. The lowest BCUT2D eigenvalue weighted by atomic mass is 9.87. The smallest absolute Gasteiger partial charge is 0.0574 e. The monoisotopic (exact) mass is 243 g/mol. The third-order valence-corrected chi connectivity index (χ3v) is 3.35. The molecule has 1 aliphatic rings. The number of hydrogen-bond acceptors (Lipinski definition) is 1. The molecule has 1 N–H and O–H groups in total. The molecule has 0 unspecified atom stereocenters. The summed E-state index contributed by atoms with van der Waals surface area (Å²) in [5.41, 5.74) is 4.14. The molecule has 0 saturated carbocycles. The molecule has 1 aliphatic carbocycles. The second-order valence-corrected chi connectivity index (χ2v) is 5.51. The zero-order valence-electron chi connectivity index (χ0n) is 12.1. The Morgan fingerprint density at radius 3 is 2.39 bits per heavy atom. The van der Waals surface area contributed by atoms with Crippen molar-refractivity contribution in [1.82, 2.24) is 0 Å². The molecular formula is C17H25N. The van der Waals surface area contributed by atoms with Crippen LogP contribution >= 0.6 is 0 Å². The molecule has 1 heteroatoms. The Labute approximate surface area is 111 Å². The van der Waals surface area contributed by atoms with Gasteiger partial charge >= 0.3 is 0 Å². The molecule has 1 rings (SSSR count).